The van der Waals surface area contributed by atoms with Crippen LogP contribution >= 0.6 is 11.3 Å². The van der Waals surface area contributed by atoms with Gasteiger partial charge in [-0.3, -0.25) is 20.1 Å². The number of hydrogen-bond acceptors (Lipinski definition) is 10. The summed E-state index contributed by atoms with van der Waals surface area (Å²) in [5.41, 5.74) is 1.94. The Morgan fingerprint density at radius 1 is 1.12 bits per heavy atom. The molecule has 0 aromatic carbocycles. The second kappa shape index (κ2) is 10.8. The Morgan fingerprint density at radius 2 is 1.94 bits per heavy atom. The fourth-order valence-electron chi connectivity index (χ4n) is 3.07. The van der Waals surface area contributed by atoms with Gasteiger partial charge in [0.2, 0.25) is 5.13 Å². The van der Waals surface area contributed by atoms with Crippen molar-refractivity contribution in [2.24, 2.45) is 0 Å². The van der Waals surface area contributed by atoms with E-state index in [1.165, 1.54) is 24.6 Å². The van der Waals surface area contributed by atoms with Gasteiger partial charge in [-0.05, 0) is 38.4 Å². The Kier molecular flexibility index (Phi) is 7.35. The van der Waals surface area contributed by atoms with Crippen LogP contribution in [-0.4, -0.2) is 63.7 Å². The number of likely N-dealkylation sites (N-methyl/N-ethyl adjacent to an activating group) is 1. The van der Waals surface area contributed by atoms with Crippen molar-refractivity contribution in [2.45, 2.75) is 6.10 Å². The molecule has 0 radical (unpaired) electrons. The monoisotopic (exact) mass is 477 g/mol. The first-order chi connectivity index (χ1) is 16.5. The van der Waals surface area contributed by atoms with Crippen LogP contribution in [0, 0.1) is 0 Å². The van der Waals surface area contributed by atoms with Crippen LogP contribution in [0.3, 0.4) is 0 Å². The molecule has 0 saturated carbocycles. The zero-order valence-corrected chi connectivity index (χ0v) is 19.7. The van der Waals surface area contributed by atoms with E-state index in [1.807, 2.05) is 49.3 Å². The molecule has 0 bridgehead atoms. The topological polar surface area (TPSA) is 115 Å². The lowest BCUT2D eigenvalue weighted by Gasteiger charge is -2.22. The van der Waals surface area contributed by atoms with Crippen LogP contribution in [-0.2, 0) is 0 Å². The molecule has 0 aliphatic carbocycles. The molecule has 0 saturated heterocycles. The van der Waals surface area contributed by atoms with Gasteiger partial charge in [-0.1, -0.05) is 17.4 Å². The summed E-state index contributed by atoms with van der Waals surface area (Å²) in [6.45, 7) is 0.584. The van der Waals surface area contributed by atoms with Crippen molar-refractivity contribution in [1.82, 2.24) is 30.0 Å². The summed E-state index contributed by atoms with van der Waals surface area (Å²) in [6, 6.07) is 10.9. The predicted octanol–water partition coefficient (Wildman–Crippen LogP) is 3.33. The third-order valence-corrected chi connectivity index (χ3v) is 5.56. The highest BCUT2D eigenvalue weighted by molar-refractivity contribution is 7.18. The summed E-state index contributed by atoms with van der Waals surface area (Å²) in [5.74, 6) is 0.221. The standard InChI is InChI=1S/C23H23N7O3S/c1-30(2)14-19(17-6-4-5-9-25-17)33-21-18(32-3)12-16(13-26-21)20(31)27-23-29-28-22(34-23)15-7-10-24-11-8-15/h4-13,19H,14H2,1-3H3,(H,27,29,31). The van der Waals surface area contributed by atoms with Gasteiger partial charge in [-0.25, -0.2) is 4.98 Å². The molecule has 4 aromatic heterocycles. The molecule has 1 atom stereocenters. The maximum absolute atomic E-state index is 12.8. The second-order valence-electron chi connectivity index (χ2n) is 7.46. The molecular weight excluding hydrogens is 454 g/mol. The van der Waals surface area contributed by atoms with Crippen LogP contribution in [0.25, 0.3) is 10.6 Å². The smallest absolute Gasteiger partial charge is 0.259 e. The van der Waals surface area contributed by atoms with E-state index in [4.69, 9.17) is 9.47 Å². The van der Waals surface area contributed by atoms with Gasteiger partial charge in [-0.2, -0.15) is 0 Å². The Bertz CT molecular complexity index is 1240. The zero-order valence-electron chi connectivity index (χ0n) is 18.9. The van der Waals surface area contributed by atoms with Crippen molar-refractivity contribution in [1.29, 1.82) is 0 Å². The Balaban J connectivity index is 1.50. The SMILES string of the molecule is COc1cc(C(=O)Nc2nnc(-c3ccncc3)s2)cnc1OC(CN(C)C)c1ccccn1. The fraction of sp³-hybridized carbons (Fsp3) is 0.217. The molecule has 0 fully saturated rings. The van der Waals surface area contributed by atoms with Crippen molar-refractivity contribution >= 4 is 22.4 Å². The van der Waals surface area contributed by atoms with Crippen LogP contribution in [0.1, 0.15) is 22.2 Å². The van der Waals surface area contributed by atoms with Gasteiger partial charge in [0.05, 0.1) is 18.4 Å². The number of methoxy groups -OCH3 is 1. The third kappa shape index (κ3) is 5.69. The number of nitrogens with one attached hydrogen (secondary N) is 1. The minimum Gasteiger partial charge on any atom is -0.491 e. The molecule has 10 nitrogen and oxygen atoms in total. The summed E-state index contributed by atoms with van der Waals surface area (Å²) in [4.78, 5) is 27.5. The maximum atomic E-state index is 12.8. The molecule has 1 amide bonds. The Hall–Kier alpha value is -3.96. The minimum atomic E-state index is -0.385. The largest absolute Gasteiger partial charge is 0.491 e. The van der Waals surface area contributed by atoms with Crippen molar-refractivity contribution in [2.75, 3.05) is 33.1 Å². The molecular formula is C23H23N7O3S. The number of aromatic nitrogens is 5. The predicted molar refractivity (Wildman–Crippen MR) is 128 cm³/mol. The van der Waals surface area contributed by atoms with Gasteiger partial charge in [0.15, 0.2) is 11.9 Å². The lowest BCUT2D eigenvalue weighted by Crippen LogP contribution is -2.25. The number of carbonyl (C=O) groups excluding carboxylic acids is 1. The molecule has 1 unspecified atom stereocenters. The third-order valence-electron chi connectivity index (χ3n) is 4.68. The van der Waals surface area contributed by atoms with Crippen molar-refractivity contribution in [3.8, 4) is 22.2 Å². The van der Waals surface area contributed by atoms with Gasteiger partial charge in [0, 0.05) is 43.0 Å². The zero-order chi connectivity index (χ0) is 23.9. The molecule has 0 aliphatic rings. The minimum absolute atomic E-state index is 0.271. The van der Waals surface area contributed by atoms with Gasteiger partial charge >= 0.3 is 0 Å². The quantitative estimate of drug-likeness (QED) is 0.387. The molecule has 34 heavy (non-hydrogen) atoms. The van der Waals surface area contributed by atoms with Crippen LogP contribution in [0.5, 0.6) is 11.6 Å². The van der Waals surface area contributed by atoms with Crippen LogP contribution in [0.4, 0.5) is 5.13 Å². The van der Waals surface area contributed by atoms with Crippen molar-refractivity contribution in [3.05, 3.63) is 72.4 Å². The van der Waals surface area contributed by atoms with E-state index in [0.29, 0.717) is 28.0 Å². The number of hydrogen-bond donors (Lipinski definition) is 1. The van der Waals surface area contributed by atoms with Crippen molar-refractivity contribution in [3.63, 3.8) is 0 Å². The summed E-state index contributed by atoms with van der Waals surface area (Å²) >= 11 is 1.26. The molecule has 1 N–H and O–H groups in total. The van der Waals surface area contributed by atoms with Crippen LogP contribution in [0.15, 0.2) is 61.2 Å². The maximum Gasteiger partial charge on any atom is 0.259 e. The second-order valence-corrected chi connectivity index (χ2v) is 8.43. The van der Waals surface area contributed by atoms with E-state index in [9.17, 15) is 4.79 Å². The van der Waals surface area contributed by atoms with Crippen LogP contribution < -0.4 is 14.8 Å². The van der Waals surface area contributed by atoms with Gasteiger partial charge in [-0.15, -0.1) is 10.2 Å². The normalized spacial score (nSPS) is 11.8. The van der Waals surface area contributed by atoms with Gasteiger partial charge in [0.25, 0.3) is 11.8 Å². The fourth-order valence-corrected chi connectivity index (χ4v) is 3.81. The number of nitrogens with zero attached hydrogens (tertiary/aromatic N) is 6. The molecule has 4 rings (SSSR count). The van der Waals surface area contributed by atoms with Crippen LogP contribution in [0.2, 0.25) is 0 Å². The molecule has 11 heteroatoms. The lowest BCUT2D eigenvalue weighted by molar-refractivity contribution is 0.102. The highest BCUT2D eigenvalue weighted by Gasteiger charge is 2.21. The van der Waals surface area contributed by atoms with E-state index in [2.05, 4.69) is 30.5 Å². The average molecular weight is 478 g/mol. The Morgan fingerprint density at radius 3 is 2.65 bits per heavy atom. The summed E-state index contributed by atoms with van der Waals surface area (Å²) in [7, 11) is 5.40. The average Bonchev–Trinajstić information content (AvgIpc) is 3.33. The highest BCUT2D eigenvalue weighted by Crippen LogP contribution is 2.30. The highest BCUT2D eigenvalue weighted by atomic mass is 32.1. The first kappa shape index (κ1) is 23.2. The number of amides is 1. The molecule has 0 aliphatic heterocycles. The first-order valence-electron chi connectivity index (χ1n) is 10.3. The van der Waals surface area contributed by atoms with Crippen molar-refractivity contribution < 1.29 is 14.3 Å². The van der Waals surface area contributed by atoms with E-state index in [1.54, 1.807) is 24.7 Å². The number of ether oxygens (including phenoxy) is 2. The molecule has 4 aromatic rings. The van der Waals surface area contributed by atoms with E-state index < -0.39 is 0 Å². The Labute approximate surface area is 200 Å². The van der Waals surface area contributed by atoms with Gasteiger partial charge in [0.1, 0.15) is 5.01 Å². The summed E-state index contributed by atoms with van der Waals surface area (Å²) < 4.78 is 11.6. The van der Waals surface area contributed by atoms with Gasteiger partial charge < -0.3 is 14.4 Å². The number of anilines is 1. The lowest BCUT2D eigenvalue weighted by atomic mass is 10.2. The first-order valence-corrected chi connectivity index (χ1v) is 11.2. The molecule has 174 valence electrons. The number of rotatable bonds is 9. The summed E-state index contributed by atoms with van der Waals surface area (Å²) in [5, 5.41) is 12.0. The van der Waals surface area contributed by atoms with E-state index in [-0.39, 0.29) is 17.9 Å². The number of pyridine rings is 3. The van der Waals surface area contributed by atoms with E-state index >= 15 is 0 Å². The molecule has 0 spiro atoms. The number of carbonyl (C=O) groups is 1. The summed E-state index contributed by atoms with van der Waals surface area (Å²) in [6.07, 6.45) is 6.13. The van der Waals surface area contributed by atoms with E-state index in [0.717, 1.165) is 11.3 Å². The molecule has 4 heterocycles.